The highest BCUT2D eigenvalue weighted by molar-refractivity contribution is 5.79. The zero-order chi connectivity index (χ0) is 23.0. The molecule has 0 unspecified atom stereocenters. The van der Waals surface area contributed by atoms with Gasteiger partial charge < -0.3 is 24.4 Å². The summed E-state index contributed by atoms with van der Waals surface area (Å²) in [5.41, 5.74) is 0.866. The van der Waals surface area contributed by atoms with Crippen LogP contribution in [-0.2, 0) is 11.3 Å². The summed E-state index contributed by atoms with van der Waals surface area (Å²) in [7, 11) is 3.23. The maximum absolute atomic E-state index is 13.0. The van der Waals surface area contributed by atoms with Crippen molar-refractivity contribution in [3.8, 4) is 23.1 Å². The van der Waals surface area contributed by atoms with Gasteiger partial charge in [-0.1, -0.05) is 18.2 Å². The van der Waals surface area contributed by atoms with E-state index in [1.165, 1.54) is 0 Å². The van der Waals surface area contributed by atoms with Gasteiger partial charge in [0.05, 0.1) is 20.1 Å². The van der Waals surface area contributed by atoms with E-state index in [2.05, 4.69) is 20.2 Å². The van der Waals surface area contributed by atoms with Gasteiger partial charge in [-0.25, -0.2) is 9.97 Å². The molecule has 1 N–H and O–H groups in total. The van der Waals surface area contributed by atoms with Crippen LogP contribution in [0.15, 0.2) is 60.9 Å². The van der Waals surface area contributed by atoms with Crippen LogP contribution in [0.25, 0.3) is 0 Å². The second-order valence-corrected chi connectivity index (χ2v) is 7.78. The van der Waals surface area contributed by atoms with Crippen LogP contribution in [-0.4, -0.2) is 43.2 Å². The van der Waals surface area contributed by atoms with E-state index >= 15 is 0 Å². The second kappa shape index (κ2) is 10.7. The van der Waals surface area contributed by atoms with Crippen LogP contribution in [0.2, 0.25) is 0 Å². The van der Waals surface area contributed by atoms with E-state index in [-0.39, 0.29) is 11.8 Å². The smallest absolute Gasteiger partial charge is 0.263 e. The molecule has 2 aromatic carbocycles. The van der Waals surface area contributed by atoms with E-state index in [0.717, 1.165) is 30.7 Å². The van der Waals surface area contributed by atoms with Crippen LogP contribution >= 0.6 is 0 Å². The molecule has 1 atom stereocenters. The van der Waals surface area contributed by atoms with Crippen molar-refractivity contribution < 1.29 is 19.0 Å². The van der Waals surface area contributed by atoms with E-state index < -0.39 is 0 Å². The third-order valence-corrected chi connectivity index (χ3v) is 5.64. The topological polar surface area (TPSA) is 85.8 Å². The lowest BCUT2D eigenvalue weighted by Gasteiger charge is -2.33. The molecular formula is C25H28N4O4. The second-order valence-electron chi connectivity index (χ2n) is 7.78. The number of rotatable bonds is 8. The van der Waals surface area contributed by atoms with E-state index in [1.54, 1.807) is 26.6 Å². The molecule has 1 fully saturated rings. The van der Waals surface area contributed by atoms with Crippen LogP contribution in [0.3, 0.4) is 0 Å². The number of para-hydroxylation sites is 1. The van der Waals surface area contributed by atoms with Crippen molar-refractivity contribution in [1.82, 2.24) is 15.3 Å². The number of piperidine rings is 1. The number of methoxy groups -OCH3 is 2. The molecule has 2 heterocycles. The van der Waals surface area contributed by atoms with Crippen molar-refractivity contribution in [1.29, 1.82) is 0 Å². The zero-order valence-electron chi connectivity index (χ0n) is 18.9. The van der Waals surface area contributed by atoms with Gasteiger partial charge in [0.1, 0.15) is 17.2 Å². The molecule has 0 bridgehead atoms. The fourth-order valence-electron chi connectivity index (χ4n) is 3.94. The average molecular weight is 449 g/mol. The van der Waals surface area contributed by atoms with Gasteiger partial charge in [0.15, 0.2) is 5.82 Å². The third kappa shape index (κ3) is 5.52. The molecule has 1 saturated heterocycles. The first-order chi connectivity index (χ1) is 16.2. The minimum atomic E-state index is -0.165. The molecule has 33 heavy (non-hydrogen) atoms. The highest BCUT2D eigenvalue weighted by Crippen LogP contribution is 2.31. The van der Waals surface area contributed by atoms with Gasteiger partial charge in [-0.05, 0) is 43.2 Å². The summed E-state index contributed by atoms with van der Waals surface area (Å²) in [6.07, 6.45) is 4.94. The number of benzene rings is 2. The largest absolute Gasteiger partial charge is 0.497 e. The molecule has 1 aliphatic rings. The molecule has 4 rings (SSSR count). The molecule has 3 aromatic rings. The van der Waals surface area contributed by atoms with Gasteiger partial charge in [0, 0.05) is 37.6 Å². The Kier molecular flexibility index (Phi) is 7.24. The average Bonchev–Trinajstić information content (AvgIpc) is 2.88. The quantitative estimate of drug-likeness (QED) is 0.561. The molecule has 8 heteroatoms. The highest BCUT2D eigenvalue weighted by atomic mass is 16.5. The number of nitrogens with zero attached hydrogens (tertiary/aromatic N) is 3. The Morgan fingerprint density at radius 3 is 2.67 bits per heavy atom. The number of carbonyl (C=O) groups excluding carboxylic acids is 1. The van der Waals surface area contributed by atoms with Crippen LogP contribution in [0.5, 0.6) is 23.1 Å². The van der Waals surface area contributed by atoms with E-state index in [0.29, 0.717) is 36.3 Å². The Hall–Kier alpha value is -3.81. The number of carbonyl (C=O) groups is 1. The van der Waals surface area contributed by atoms with Crippen LogP contribution in [0, 0.1) is 5.92 Å². The van der Waals surface area contributed by atoms with Crippen molar-refractivity contribution in [3.63, 3.8) is 0 Å². The number of amides is 1. The Balaban J connectivity index is 1.43. The van der Waals surface area contributed by atoms with Crippen molar-refractivity contribution >= 4 is 11.7 Å². The summed E-state index contributed by atoms with van der Waals surface area (Å²) < 4.78 is 16.7. The van der Waals surface area contributed by atoms with Gasteiger partial charge >= 0.3 is 0 Å². The SMILES string of the molecule is COc1ccc(OC)c(CNC(=O)[C@H]2CCCN(c3nccnc3Oc3ccccc3)C2)c1. The highest BCUT2D eigenvalue weighted by Gasteiger charge is 2.28. The molecule has 0 radical (unpaired) electrons. The van der Waals surface area contributed by atoms with Gasteiger partial charge in [-0.3, -0.25) is 4.79 Å². The van der Waals surface area contributed by atoms with Gasteiger partial charge in [-0.2, -0.15) is 0 Å². The molecule has 172 valence electrons. The first-order valence-corrected chi connectivity index (χ1v) is 11.0. The van der Waals surface area contributed by atoms with Crippen molar-refractivity contribution in [3.05, 3.63) is 66.5 Å². The van der Waals surface area contributed by atoms with Gasteiger partial charge in [-0.15, -0.1) is 0 Å². The fourth-order valence-corrected chi connectivity index (χ4v) is 3.94. The van der Waals surface area contributed by atoms with E-state index in [9.17, 15) is 4.79 Å². The number of hydrogen-bond acceptors (Lipinski definition) is 7. The first kappa shape index (κ1) is 22.4. The van der Waals surface area contributed by atoms with Gasteiger partial charge in [0.2, 0.25) is 5.91 Å². The first-order valence-electron chi connectivity index (χ1n) is 11.0. The fraction of sp³-hybridized carbons (Fsp3) is 0.320. The summed E-state index contributed by atoms with van der Waals surface area (Å²) in [6, 6.07) is 15.0. The molecule has 1 aliphatic heterocycles. The number of aromatic nitrogens is 2. The summed E-state index contributed by atoms with van der Waals surface area (Å²) >= 11 is 0. The maximum Gasteiger partial charge on any atom is 0.263 e. The maximum atomic E-state index is 13.0. The predicted molar refractivity (Wildman–Crippen MR) is 125 cm³/mol. The van der Waals surface area contributed by atoms with Crippen molar-refractivity contribution in [2.75, 3.05) is 32.2 Å². The summed E-state index contributed by atoms with van der Waals surface area (Å²) in [5.74, 6) is 3.04. The minimum Gasteiger partial charge on any atom is -0.497 e. The molecule has 0 spiro atoms. The predicted octanol–water partition coefficient (Wildman–Crippen LogP) is 3.82. The standard InChI is InChI=1S/C25H28N4O4/c1-31-21-10-11-22(32-2)19(15-21)16-28-24(30)18-7-6-14-29(17-18)23-25(27-13-12-26-23)33-20-8-4-3-5-9-20/h3-5,8-13,15,18H,6-7,14,16-17H2,1-2H3,(H,28,30)/t18-/m0/s1. The van der Waals surface area contributed by atoms with Crippen LogP contribution in [0.1, 0.15) is 18.4 Å². The number of nitrogens with one attached hydrogen (secondary N) is 1. The Bertz CT molecular complexity index is 1080. The Labute approximate surface area is 193 Å². The Morgan fingerprint density at radius 2 is 1.88 bits per heavy atom. The lowest BCUT2D eigenvalue weighted by molar-refractivity contribution is -0.125. The Morgan fingerprint density at radius 1 is 1.06 bits per heavy atom. The molecule has 1 amide bonds. The normalized spacial score (nSPS) is 15.6. The van der Waals surface area contributed by atoms with Crippen LogP contribution < -0.4 is 24.4 Å². The summed E-state index contributed by atoms with van der Waals surface area (Å²) in [5, 5.41) is 3.05. The monoisotopic (exact) mass is 448 g/mol. The van der Waals surface area contributed by atoms with Crippen LogP contribution in [0.4, 0.5) is 5.82 Å². The lowest BCUT2D eigenvalue weighted by Crippen LogP contribution is -2.43. The molecule has 1 aromatic heterocycles. The summed E-state index contributed by atoms with van der Waals surface area (Å²) in [4.78, 5) is 24.0. The number of anilines is 1. The zero-order valence-corrected chi connectivity index (χ0v) is 18.9. The number of hydrogen-bond donors (Lipinski definition) is 1. The summed E-state index contributed by atoms with van der Waals surface area (Å²) in [6.45, 7) is 1.70. The van der Waals surface area contributed by atoms with Crippen molar-refractivity contribution in [2.45, 2.75) is 19.4 Å². The lowest BCUT2D eigenvalue weighted by atomic mass is 9.97. The number of ether oxygens (including phenoxy) is 3. The van der Waals surface area contributed by atoms with Crippen molar-refractivity contribution in [2.24, 2.45) is 5.92 Å². The third-order valence-electron chi connectivity index (χ3n) is 5.64. The molecular weight excluding hydrogens is 420 g/mol. The molecule has 0 aliphatic carbocycles. The van der Waals surface area contributed by atoms with Gasteiger partial charge in [0.25, 0.3) is 5.88 Å². The molecule has 8 nitrogen and oxygen atoms in total. The van der Waals surface area contributed by atoms with E-state index in [4.69, 9.17) is 14.2 Å². The minimum absolute atomic E-state index is 0.000934. The molecule has 0 saturated carbocycles. The van der Waals surface area contributed by atoms with E-state index in [1.807, 2.05) is 48.5 Å².